The van der Waals surface area contributed by atoms with E-state index in [1.807, 2.05) is 0 Å². The Labute approximate surface area is 91.1 Å². The number of aliphatic hydroxyl groups excluding tert-OH is 1. The van der Waals surface area contributed by atoms with Gasteiger partial charge in [0.1, 0.15) is 5.75 Å². The maximum atomic E-state index is 9.12. The van der Waals surface area contributed by atoms with Gasteiger partial charge in [-0.3, -0.25) is 0 Å². The standard InChI is InChI=1S/C8H10BrNO2.ClH/c9-7-2-1-5(12)3-6(7)8(10)4-11;/h1-3,8,11-12H,4,10H2;1H/t8-;/m0./s1. The van der Waals surface area contributed by atoms with E-state index in [-0.39, 0.29) is 24.8 Å². The van der Waals surface area contributed by atoms with Gasteiger partial charge < -0.3 is 15.9 Å². The van der Waals surface area contributed by atoms with Gasteiger partial charge in [0.05, 0.1) is 12.6 Å². The Morgan fingerprint density at radius 3 is 2.62 bits per heavy atom. The highest BCUT2D eigenvalue weighted by molar-refractivity contribution is 9.10. The van der Waals surface area contributed by atoms with Crippen LogP contribution in [0.25, 0.3) is 0 Å². The molecule has 74 valence electrons. The summed E-state index contributed by atoms with van der Waals surface area (Å²) in [4.78, 5) is 0. The van der Waals surface area contributed by atoms with Crippen molar-refractivity contribution >= 4 is 28.3 Å². The van der Waals surface area contributed by atoms with Gasteiger partial charge in [-0.1, -0.05) is 15.9 Å². The Kier molecular flexibility index (Phi) is 5.32. The van der Waals surface area contributed by atoms with Crippen molar-refractivity contribution in [3.05, 3.63) is 28.2 Å². The molecule has 0 fully saturated rings. The fourth-order valence-corrected chi connectivity index (χ4v) is 1.45. The van der Waals surface area contributed by atoms with Gasteiger partial charge in [0, 0.05) is 4.47 Å². The minimum absolute atomic E-state index is 0. The number of aromatic hydroxyl groups is 1. The third-order valence-corrected chi connectivity index (χ3v) is 2.30. The Balaban J connectivity index is 0.00000144. The highest BCUT2D eigenvalue weighted by Crippen LogP contribution is 2.25. The van der Waals surface area contributed by atoms with Crippen molar-refractivity contribution in [3.8, 4) is 5.75 Å². The fraction of sp³-hybridized carbons (Fsp3) is 0.250. The first-order chi connectivity index (χ1) is 5.65. The largest absolute Gasteiger partial charge is 0.508 e. The third-order valence-electron chi connectivity index (χ3n) is 1.58. The summed E-state index contributed by atoms with van der Waals surface area (Å²) in [6, 6.07) is 4.33. The number of hydrogen-bond acceptors (Lipinski definition) is 3. The molecule has 0 aliphatic rings. The van der Waals surface area contributed by atoms with Crippen LogP contribution < -0.4 is 5.73 Å². The van der Waals surface area contributed by atoms with Crippen LogP contribution in [0, 0.1) is 0 Å². The number of nitrogens with two attached hydrogens (primary N) is 1. The molecule has 0 spiro atoms. The molecule has 5 heteroatoms. The van der Waals surface area contributed by atoms with Gasteiger partial charge in [0.2, 0.25) is 0 Å². The molecule has 3 nitrogen and oxygen atoms in total. The van der Waals surface area contributed by atoms with Crippen LogP contribution in [0.3, 0.4) is 0 Å². The molecule has 0 saturated heterocycles. The van der Waals surface area contributed by atoms with Crippen LogP contribution in [-0.2, 0) is 0 Å². The van der Waals surface area contributed by atoms with Crippen molar-refractivity contribution in [3.63, 3.8) is 0 Å². The van der Waals surface area contributed by atoms with E-state index in [1.54, 1.807) is 12.1 Å². The summed E-state index contributed by atoms with van der Waals surface area (Å²) in [6.07, 6.45) is 0. The maximum Gasteiger partial charge on any atom is 0.115 e. The zero-order chi connectivity index (χ0) is 9.14. The molecule has 0 radical (unpaired) electrons. The van der Waals surface area contributed by atoms with Gasteiger partial charge in [0.25, 0.3) is 0 Å². The average Bonchev–Trinajstić information content (AvgIpc) is 2.08. The topological polar surface area (TPSA) is 66.5 Å². The van der Waals surface area contributed by atoms with Crippen LogP contribution in [0.5, 0.6) is 5.75 Å². The molecule has 0 amide bonds. The number of rotatable bonds is 2. The van der Waals surface area contributed by atoms with Gasteiger partial charge in [0.15, 0.2) is 0 Å². The summed E-state index contributed by atoms with van der Waals surface area (Å²) in [5, 5.41) is 17.9. The quantitative estimate of drug-likeness (QED) is 0.763. The minimum Gasteiger partial charge on any atom is -0.508 e. The van der Waals surface area contributed by atoms with Crippen molar-refractivity contribution in [1.82, 2.24) is 0 Å². The lowest BCUT2D eigenvalue weighted by molar-refractivity contribution is 0.267. The molecule has 0 bridgehead atoms. The van der Waals surface area contributed by atoms with E-state index in [2.05, 4.69) is 15.9 Å². The third kappa shape index (κ3) is 3.15. The van der Waals surface area contributed by atoms with E-state index in [4.69, 9.17) is 15.9 Å². The molecule has 0 saturated carbocycles. The second-order valence-corrected chi connectivity index (χ2v) is 3.35. The molecule has 1 aromatic rings. The number of aliphatic hydroxyl groups is 1. The molecule has 0 unspecified atom stereocenters. The highest BCUT2D eigenvalue weighted by Gasteiger charge is 2.08. The van der Waals surface area contributed by atoms with E-state index < -0.39 is 6.04 Å². The number of hydrogen-bond donors (Lipinski definition) is 3. The molecule has 0 heterocycles. The Bertz CT molecular complexity index is 283. The predicted molar refractivity (Wildman–Crippen MR) is 57.1 cm³/mol. The molecule has 1 atom stereocenters. The Hall–Kier alpha value is -0.290. The van der Waals surface area contributed by atoms with Crippen molar-refractivity contribution in [2.45, 2.75) is 6.04 Å². The van der Waals surface area contributed by atoms with Crippen LogP contribution in [0.2, 0.25) is 0 Å². The van der Waals surface area contributed by atoms with E-state index in [1.165, 1.54) is 6.07 Å². The van der Waals surface area contributed by atoms with Crippen LogP contribution in [0.15, 0.2) is 22.7 Å². The summed E-state index contributed by atoms with van der Waals surface area (Å²) in [6.45, 7) is -0.137. The highest BCUT2D eigenvalue weighted by atomic mass is 79.9. The first-order valence-corrected chi connectivity index (χ1v) is 4.29. The lowest BCUT2D eigenvalue weighted by Crippen LogP contribution is -2.14. The number of halogens is 2. The van der Waals surface area contributed by atoms with E-state index >= 15 is 0 Å². The van der Waals surface area contributed by atoms with Crippen LogP contribution in [0.4, 0.5) is 0 Å². The lowest BCUT2D eigenvalue weighted by atomic mass is 10.1. The van der Waals surface area contributed by atoms with Crippen LogP contribution in [-0.4, -0.2) is 16.8 Å². The zero-order valence-corrected chi connectivity index (χ0v) is 9.18. The molecule has 13 heavy (non-hydrogen) atoms. The Morgan fingerprint density at radius 2 is 2.08 bits per heavy atom. The monoisotopic (exact) mass is 267 g/mol. The first-order valence-electron chi connectivity index (χ1n) is 3.50. The molecule has 0 aromatic heterocycles. The molecule has 1 aromatic carbocycles. The van der Waals surface area contributed by atoms with Gasteiger partial charge >= 0.3 is 0 Å². The van der Waals surface area contributed by atoms with Gasteiger partial charge in [-0.2, -0.15) is 0 Å². The first kappa shape index (κ1) is 12.7. The summed E-state index contributed by atoms with van der Waals surface area (Å²) in [5.41, 5.74) is 6.28. The second kappa shape index (κ2) is 5.44. The van der Waals surface area contributed by atoms with Crippen molar-refractivity contribution in [1.29, 1.82) is 0 Å². The van der Waals surface area contributed by atoms with Gasteiger partial charge in [-0.05, 0) is 23.8 Å². The van der Waals surface area contributed by atoms with Gasteiger partial charge in [-0.25, -0.2) is 0 Å². The molecule has 1 rings (SSSR count). The molecular weight excluding hydrogens is 257 g/mol. The van der Waals surface area contributed by atoms with Crippen molar-refractivity contribution in [2.24, 2.45) is 5.73 Å². The summed E-state index contributed by atoms with van der Waals surface area (Å²) in [7, 11) is 0. The van der Waals surface area contributed by atoms with Gasteiger partial charge in [-0.15, -0.1) is 12.4 Å². The number of phenolic OH excluding ortho intramolecular Hbond substituents is 1. The smallest absolute Gasteiger partial charge is 0.115 e. The van der Waals surface area contributed by atoms with Crippen LogP contribution in [0.1, 0.15) is 11.6 Å². The normalized spacial score (nSPS) is 11.9. The maximum absolute atomic E-state index is 9.12. The Morgan fingerprint density at radius 1 is 1.46 bits per heavy atom. The molecule has 0 aliphatic heterocycles. The van der Waals surface area contributed by atoms with E-state index in [0.717, 1.165) is 4.47 Å². The second-order valence-electron chi connectivity index (χ2n) is 2.49. The fourth-order valence-electron chi connectivity index (χ4n) is 0.914. The summed E-state index contributed by atoms with van der Waals surface area (Å²) in [5.74, 6) is 0.150. The van der Waals surface area contributed by atoms with Crippen molar-refractivity contribution < 1.29 is 10.2 Å². The summed E-state index contributed by atoms with van der Waals surface area (Å²) >= 11 is 3.27. The SMILES string of the molecule is Cl.N[C@@H](CO)c1cc(O)ccc1Br. The van der Waals surface area contributed by atoms with E-state index in [0.29, 0.717) is 5.56 Å². The molecule has 0 aliphatic carbocycles. The van der Waals surface area contributed by atoms with Crippen molar-refractivity contribution in [2.75, 3.05) is 6.61 Å². The average molecular weight is 269 g/mol. The lowest BCUT2D eigenvalue weighted by Gasteiger charge is -2.10. The summed E-state index contributed by atoms with van der Waals surface area (Å²) < 4.78 is 0.793. The zero-order valence-electron chi connectivity index (χ0n) is 6.77. The molecule has 4 N–H and O–H groups in total. The predicted octanol–water partition coefficient (Wildman–Crippen LogP) is 1.57. The van der Waals surface area contributed by atoms with E-state index in [9.17, 15) is 0 Å². The minimum atomic E-state index is -0.452. The number of phenols is 1. The van der Waals surface area contributed by atoms with Crippen LogP contribution >= 0.6 is 28.3 Å². The molecular formula is C8H11BrClNO2. The number of benzene rings is 1.